The van der Waals surface area contributed by atoms with Crippen LogP contribution in [0.5, 0.6) is 5.75 Å². The van der Waals surface area contributed by atoms with Gasteiger partial charge in [-0.3, -0.25) is 9.59 Å². The van der Waals surface area contributed by atoms with Gasteiger partial charge in [-0.1, -0.05) is 30.3 Å². The Labute approximate surface area is 161 Å². The normalized spacial score (nSPS) is 10.3. The molecule has 0 saturated heterocycles. The summed E-state index contributed by atoms with van der Waals surface area (Å²) in [5.41, 5.74) is 1.39. The van der Waals surface area contributed by atoms with E-state index in [1.165, 1.54) is 36.6 Å². The summed E-state index contributed by atoms with van der Waals surface area (Å²) in [6, 6.07) is 18.6. The molecule has 0 saturated carbocycles. The largest absolute Gasteiger partial charge is 0.457 e. The van der Waals surface area contributed by atoms with Crippen LogP contribution in [0.4, 0.5) is 0 Å². The molecule has 3 rings (SSSR count). The third-order valence-electron chi connectivity index (χ3n) is 3.93. The van der Waals surface area contributed by atoms with E-state index >= 15 is 0 Å². The summed E-state index contributed by atoms with van der Waals surface area (Å²) in [5, 5.41) is 0. The van der Waals surface area contributed by atoms with E-state index in [9.17, 15) is 14.4 Å². The number of ether oxygens (including phenoxy) is 2. The Kier molecular flexibility index (Phi) is 6.36. The molecule has 3 aromatic rings. The van der Waals surface area contributed by atoms with Crippen LogP contribution >= 0.6 is 0 Å². The summed E-state index contributed by atoms with van der Waals surface area (Å²) in [7, 11) is 0. The van der Waals surface area contributed by atoms with E-state index in [0.717, 1.165) is 5.56 Å². The van der Waals surface area contributed by atoms with Crippen molar-refractivity contribution in [3.8, 4) is 5.75 Å². The first-order valence-electron chi connectivity index (χ1n) is 8.70. The molecule has 0 bridgehead atoms. The average molecular weight is 378 g/mol. The van der Waals surface area contributed by atoms with Crippen molar-refractivity contribution in [2.24, 2.45) is 0 Å². The zero-order chi connectivity index (χ0) is 19.8. The smallest absolute Gasteiger partial charge is 0.379 e. The lowest BCUT2D eigenvalue weighted by Gasteiger charge is -2.06. The number of rotatable bonds is 8. The highest BCUT2D eigenvalue weighted by atomic mass is 16.5. The van der Waals surface area contributed by atoms with Gasteiger partial charge in [-0.05, 0) is 48.4 Å². The number of furan rings is 1. The van der Waals surface area contributed by atoms with Crippen molar-refractivity contribution in [3.63, 3.8) is 0 Å². The molecule has 0 aliphatic carbocycles. The van der Waals surface area contributed by atoms with Crippen molar-refractivity contribution in [2.75, 3.05) is 6.61 Å². The summed E-state index contributed by atoms with van der Waals surface area (Å²) >= 11 is 0. The fraction of sp³-hybridized carbons (Fsp3) is 0.136. The zero-order valence-electron chi connectivity index (χ0n) is 15.0. The molecule has 0 aliphatic heterocycles. The fourth-order valence-corrected chi connectivity index (χ4v) is 2.45. The maximum absolute atomic E-state index is 12.1. The first-order valence-corrected chi connectivity index (χ1v) is 8.70. The third kappa shape index (κ3) is 5.41. The number of benzene rings is 2. The number of carbonyl (C=O) groups excluding carboxylic acids is 3. The molecule has 0 spiro atoms. The lowest BCUT2D eigenvalue weighted by molar-refractivity contribution is -0.142. The van der Waals surface area contributed by atoms with Crippen LogP contribution in [0.1, 0.15) is 32.9 Å². The summed E-state index contributed by atoms with van der Waals surface area (Å²) in [4.78, 5) is 35.7. The molecule has 0 unspecified atom stereocenters. The molecule has 1 heterocycles. The molecule has 2 aromatic carbocycles. The summed E-state index contributed by atoms with van der Waals surface area (Å²) < 4.78 is 15.1. The molecular formula is C22H18O6. The fourth-order valence-electron chi connectivity index (χ4n) is 2.45. The summed E-state index contributed by atoms with van der Waals surface area (Å²) in [6.45, 7) is -0.334. The second-order valence-corrected chi connectivity index (χ2v) is 5.96. The predicted molar refractivity (Wildman–Crippen MR) is 100 cm³/mol. The van der Waals surface area contributed by atoms with Gasteiger partial charge in [0.2, 0.25) is 5.76 Å². The van der Waals surface area contributed by atoms with Crippen molar-refractivity contribution in [2.45, 2.75) is 12.8 Å². The molecule has 0 fully saturated rings. The highest BCUT2D eigenvalue weighted by molar-refractivity contribution is 5.98. The number of carbonyl (C=O) groups is 3. The van der Waals surface area contributed by atoms with Crippen LogP contribution in [0.3, 0.4) is 0 Å². The topological polar surface area (TPSA) is 82.8 Å². The second kappa shape index (κ2) is 9.32. The lowest BCUT2D eigenvalue weighted by atomic mass is 10.1. The second-order valence-electron chi connectivity index (χ2n) is 5.96. The molecule has 1 aromatic heterocycles. The molecule has 142 valence electrons. The SMILES string of the molecule is O=C(CCc1ccccc1)OCC(=O)c1ccc(OC(=O)c2ccco2)cc1. The van der Waals surface area contributed by atoms with Crippen LogP contribution in [0.2, 0.25) is 0 Å². The summed E-state index contributed by atoms with van der Waals surface area (Å²) in [6.07, 6.45) is 2.14. The Balaban J connectivity index is 1.45. The minimum atomic E-state index is -0.628. The molecule has 6 nitrogen and oxygen atoms in total. The highest BCUT2D eigenvalue weighted by Crippen LogP contribution is 2.15. The monoisotopic (exact) mass is 378 g/mol. The number of esters is 2. The standard InChI is InChI=1S/C22H18O6/c23-19(15-27-21(24)13-8-16-5-2-1-3-6-16)17-9-11-18(12-10-17)28-22(25)20-7-4-14-26-20/h1-7,9-12,14H,8,13,15H2. The lowest BCUT2D eigenvalue weighted by Crippen LogP contribution is -2.14. The van der Waals surface area contributed by atoms with Gasteiger partial charge >= 0.3 is 11.9 Å². The first kappa shape index (κ1) is 19.1. The number of Topliss-reactive ketones (excluding diaryl/α,β-unsaturated/α-hetero) is 1. The molecule has 0 N–H and O–H groups in total. The van der Waals surface area contributed by atoms with E-state index in [1.54, 1.807) is 6.07 Å². The average Bonchev–Trinajstić information content (AvgIpc) is 3.27. The van der Waals surface area contributed by atoms with Crippen molar-refractivity contribution in [1.29, 1.82) is 0 Å². The maximum Gasteiger partial charge on any atom is 0.379 e. The Morgan fingerprint density at radius 3 is 2.29 bits per heavy atom. The molecule has 0 atom stereocenters. The van der Waals surface area contributed by atoms with Gasteiger partial charge in [0, 0.05) is 12.0 Å². The Bertz CT molecular complexity index is 927. The Morgan fingerprint density at radius 1 is 0.857 bits per heavy atom. The number of aryl methyl sites for hydroxylation is 1. The van der Waals surface area contributed by atoms with Gasteiger partial charge in [0.05, 0.1) is 6.26 Å². The van der Waals surface area contributed by atoms with E-state index in [-0.39, 0.29) is 30.3 Å². The molecular weight excluding hydrogens is 360 g/mol. The van der Waals surface area contributed by atoms with Crippen molar-refractivity contribution in [1.82, 2.24) is 0 Å². The number of hydrogen-bond acceptors (Lipinski definition) is 6. The van der Waals surface area contributed by atoms with Crippen molar-refractivity contribution >= 4 is 17.7 Å². The Morgan fingerprint density at radius 2 is 1.61 bits per heavy atom. The molecule has 6 heteroatoms. The summed E-state index contributed by atoms with van der Waals surface area (Å²) in [5.74, 6) is -1.03. The van der Waals surface area contributed by atoms with Gasteiger partial charge in [-0.15, -0.1) is 0 Å². The van der Waals surface area contributed by atoms with E-state index < -0.39 is 11.9 Å². The van der Waals surface area contributed by atoms with Gasteiger partial charge in [0.1, 0.15) is 5.75 Å². The number of ketones is 1. The number of hydrogen-bond donors (Lipinski definition) is 0. The molecule has 28 heavy (non-hydrogen) atoms. The molecule has 0 aliphatic rings. The van der Waals surface area contributed by atoms with E-state index in [4.69, 9.17) is 13.9 Å². The van der Waals surface area contributed by atoms with Crippen LogP contribution in [0.25, 0.3) is 0 Å². The minimum absolute atomic E-state index is 0.0857. The van der Waals surface area contributed by atoms with Crippen LogP contribution in [-0.4, -0.2) is 24.3 Å². The Hall–Kier alpha value is -3.67. The van der Waals surface area contributed by atoms with Crippen LogP contribution in [0, 0.1) is 0 Å². The highest BCUT2D eigenvalue weighted by Gasteiger charge is 2.13. The molecule has 0 radical (unpaired) electrons. The van der Waals surface area contributed by atoms with Gasteiger partial charge in [-0.25, -0.2) is 4.79 Å². The van der Waals surface area contributed by atoms with Gasteiger partial charge in [0.25, 0.3) is 0 Å². The van der Waals surface area contributed by atoms with Crippen molar-refractivity contribution < 1.29 is 28.3 Å². The van der Waals surface area contributed by atoms with E-state index in [1.807, 2.05) is 30.3 Å². The first-order chi connectivity index (χ1) is 13.6. The van der Waals surface area contributed by atoms with Gasteiger partial charge < -0.3 is 13.9 Å². The van der Waals surface area contributed by atoms with E-state index in [2.05, 4.69) is 0 Å². The van der Waals surface area contributed by atoms with E-state index in [0.29, 0.717) is 12.0 Å². The van der Waals surface area contributed by atoms with Crippen LogP contribution in [-0.2, 0) is 16.0 Å². The van der Waals surface area contributed by atoms with Crippen LogP contribution in [0.15, 0.2) is 77.4 Å². The van der Waals surface area contributed by atoms with Gasteiger partial charge in [-0.2, -0.15) is 0 Å². The quantitative estimate of drug-likeness (QED) is 0.336. The predicted octanol–water partition coefficient (Wildman–Crippen LogP) is 3.86. The van der Waals surface area contributed by atoms with Crippen molar-refractivity contribution in [3.05, 3.63) is 89.9 Å². The maximum atomic E-state index is 12.1. The molecule has 0 amide bonds. The van der Waals surface area contributed by atoms with Gasteiger partial charge in [0.15, 0.2) is 12.4 Å². The van der Waals surface area contributed by atoms with Crippen LogP contribution < -0.4 is 4.74 Å². The zero-order valence-corrected chi connectivity index (χ0v) is 15.0. The minimum Gasteiger partial charge on any atom is -0.457 e. The third-order valence-corrected chi connectivity index (χ3v) is 3.93.